The second-order valence-electron chi connectivity index (χ2n) is 11.5. The van der Waals surface area contributed by atoms with Crippen molar-refractivity contribution < 1.29 is 45.4 Å². The van der Waals surface area contributed by atoms with E-state index in [1.807, 2.05) is 37.3 Å². The summed E-state index contributed by atoms with van der Waals surface area (Å²) >= 11 is 0. The largest absolute Gasteiger partial charge is 0.453 e. The first-order valence-corrected chi connectivity index (χ1v) is 13.6. The van der Waals surface area contributed by atoms with E-state index in [4.69, 9.17) is 9.47 Å². The summed E-state index contributed by atoms with van der Waals surface area (Å²) in [6.45, 7) is 6.70. The Hall–Kier alpha value is -3.44. The lowest BCUT2D eigenvalue weighted by atomic mass is 9.77. The second kappa shape index (κ2) is 12.4. The molecular formula is C30H36F6N2O4. The minimum Gasteiger partial charge on any atom is -0.453 e. The van der Waals surface area contributed by atoms with Crippen LogP contribution >= 0.6 is 0 Å². The van der Waals surface area contributed by atoms with Crippen LogP contribution in [-0.4, -0.2) is 52.8 Å². The number of piperidine rings is 1. The number of hydrogen-bond donors (Lipinski definition) is 0. The first-order chi connectivity index (χ1) is 19.4. The van der Waals surface area contributed by atoms with Crippen LogP contribution in [0.4, 0.5) is 35.9 Å². The van der Waals surface area contributed by atoms with Gasteiger partial charge in [-0.05, 0) is 75.8 Å². The lowest BCUT2D eigenvalue weighted by molar-refractivity contribution is -0.143. The maximum Gasteiger partial charge on any atom is 0.416 e. The highest BCUT2D eigenvalue weighted by molar-refractivity contribution is 5.70. The number of rotatable bonds is 6. The van der Waals surface area contributed by atoms with Crippen LogP contribution in [-0.2, 0) is 34.8 Å². The van der Waals surface area contributed by atoms with Crippen molar-refractivity contribution in [3.8, 4) is 0 Å². The van der Waals surface area contributed by atoms with Gasteiger partial charge in [0.2, 0.25) is 0 Å². The average Bonchev–Trinajstić information content (AvgIpc) is 2.89. The molecule has 3 rings (SSSR count). The number of nitrogens with zero attached hydrogens (tertiary/aromatic N) is 2. The van der Waals surface area contributed by atoms with E-state index in [2.05, 4.69) is 0 Å². The van der Waals surface area contributed by atoms with Crippen LogP contribution in [0.1, 0.15) is 69.2 Å². The molecule has 12 heteroatoms. The number of ether oxygens (including phenoxy) is 2. The smallest absolute Gasteiger partial charge is 0.416 e. The van der Waals surface area contributed by atoms with Crippen molar-refractivity contribution in [2.45, 2.75) is 89.5 Å². The monoisotopic (exact) mass is 602 g/mol. The van der Waals surface area contributed by atoms with Crippen molar-refractivity contribution >= 4 is 12.2 Å². The molecule has 0 saturated carbocycles. The van der Waals surface area contributed by atoms with E-state index >= 15 is 0 Å². The highest BCUT2D eigenvalue weighted by Crippen LogP contribution is 2.40. The Bertz CT molecular complexity index is 1210. The molecule has 232 valence electrons. The Morgan fingerprint density at radius 3 is 2.00 bits per heavy atom. The summed E-state index contributed by atoms with van der Waals surface area (Å²) in [5.41, 5.74) is -4.03. The summed E-state index contributed by atoms with van der Waals surface area (Å²) in [6.07, 6.45) is -10.3. The van der Waals surface area contributed by atoms with E-state index in [1.165, 1.54) is 0 Å². The Morgan fingerprint density at radius 2 is 1.52 bits per heavy atom. The van der Waals surface area contributed by atoms with Crippen molar-refractivity contribution in [3.63, 3.8) is 0 Å². The Morgan fingerprint density at radius 1 is 0.952 bits per heavy atom. The molecule has 1 heterocycles. The van der Waals surface area contributed by atoms with Crippen molar-refractivity contribution in [1.29, 1.82) is 0 Å². The summed E-state index contributed by atoms with van der Waals surface area (Å²) in [5, 5.41) is 0. The van der Waals surface area contributed by atoms with Crippen LogP contribution < -0.4 is 0 Å². The number of hydrogen-bond acceptors (Lipinski definition) is 4. The van der Waals surface area contributed by atoms with Gasteiger partial charge >= 0.3 is 24.5 Å². The van der Waals surface area contributed by atoms with Gasteiger partial charge in [0.05, 0.1) is 23.8 Å². The summed E-state index contributed by atoms with van der Waals surface area (Å²) in [7, 11) is 1.09. The first kappa shape index (κ1) is 33.1. The zero-order valence-electron chi connectivity index (χ0n) is 24.2. The zero-order valence-corrected chi connectivity index (χ0v) is 24.2. The fourth-order valence-electron chi connectivity index (χ4n) is 5.41. The van der Waals surface area contributed by atoms with E-state index in [9.17, 15) is 35.9 Å². The molecule has 2 atom stereocenters. The van der Waals surface area contributed by atoms with Gasteiger partial charge in [0, 0.05) is 19.1 Å². The quantitative estimate of drug-likeness (QED) is 0.314. The number of amides is 2. The van der Waals surface area contributed by atoms with Gasteiger partial charge in [-0.25, -0.2) is 9.59 Å². The summed E-state index contributed by atoms with van der Waals surface area (Å²) in [6, 6.07) is 9.95. The fraction of sp³-hybridized carbons (Fsp3) is 0.533. The van der Waals surface area contributed by atoms with E-state index in [0.717, 1.165) is 17.6 Å². The number of alkyl halides is 6. The normalized spacial score (nSPS) is 19.8. The molecule has 0 N–H and O–H groups in total. The number of halogens is 6. The Kier molecular flexibility index (Phi) is 9.78. The molecule has 0 aromatic heterocycles. The van der Waals surface area contributed by atoms with E-state index in [1.54, 1.807) is 25.7 Å². The van der Waals surface area contributed by atoms with Crippen molar-refractivity contribution in [2.75, 3.05) is 13.7 Å². The molecule has 0 radical (unpaired) electrons. The Balaban J connectivity index is 2.04. The molecule has 1 aliphatic heterocycles. The maximum absolute atomic E-state index is 13.5. The number of carbonyl (C=O) groups is 2. The van der Waals surface area contributed by atoms with Crippen molar-refractivity contribution in [1.82, 2.24) is 9.80 Å². The third-order valence-electron chi connectivity index (χ3n) is 7.37. The first-order valence-electron chi connectivity index (χ1n) is 13.6. The van der Waals surface area contributed by atoms with Gasteiger partial charge in [0.25, 0.3) is 0 Å². The molecule has 6 nitrogen and oxygen atoms in total. The fourth-order valence-corrected chi connectivity index (χ4v) is 5.41. The summed E-state index contributed by atoms with van der Waals surface area (Å²) < 4.78 is 91.8. The van der Waals surface area contributed by atoms with Gasteiger partial charge in [-0.3, -0.25) is 0 Å². The van der Waals surface area contributed by atoms with Crippen LogP contribution in [0.15, 0.2) is 48.5 Å². The summed E-state index contributed by atoms with van der Waals surface area (Å²) in [4.78, 5) is 29.2. The number of benzene rings is 2. The van der Waals surface area contributed by atoms with E-state index in [-0.39, 0.29) is 31.0 Å². The van der Waals surface area contributed by atoms with Gasteiger partial charge in [0.1, 0.15) is 5.60 Å². The molecule has 42 heavy (non-hydrogen) atoms. The van der Waals surface area contributed by atoms with Crippen molar-refractivity contribution in [2.24, 2.45) is 0 Å². The predicted octanol–water partition coefficient (Wildman–Crippen LogP) is 8.08. The van der Waals surface area contributed by atoms with Gasteiger partial charge in [-0.2, -0.15) is 26.3 Å². The topological polar surface area (TPSA) is 59.1 Å². The number of carbonyl (C=O) groups excluding carboxylic acids is 2. The minimum atomic E-state index is -5.03. The van der Waals surface area contributed by atoms with Crippen molar-refractivity contribution in [3.05, 3.63) is 70.8 Å². The number of likely N-dealkylation sites (tertiary alicyclic amines) is 1. The molecule has 0 bridgehead atoms. The molecule has 0 aliphatic carbocycles. The molecule has 0 unspecified atom stereocenters. The van der Waals surface area contributed by atoms with Crippen LogP contribution in [0.5, 0.6) is 0 Å². The van der Waals surface area contributed by atoms with Crippen LogP contribution in [0.25, 0.3) is 0 Å². The highest BCUT2D eigenvalue weighted by Gasteiger charge is 2.47. The van der Waals surface area contributed by atoms with Gasteiger partial charge in [-0.1, -0.05) is 37.3 Å². The van der Waals surface area contributed by atoms with Crippen LogP contribution in [0.2, 0.25) is 0 Å². The standard InChI is InChI=1S/C30H36F6N2O4/c1-6-28(17-20-10-8-7-9-11-20)18-24(12-13-38(28)26(40)42-27(2,3)4)37(25(39)41-5)19-21-14-22(29(31,32)33)16-23(15-21)30(34,35)36/h7-11,14-16,24H,6,12-13,17-19H2,1-5H3/t24-,28-/m0/s1. The summed E-state index contributed by atoms with van der Waals surface area (Å²) in [5.74, 6) is 0. The Labute approximate surface area is 241 Å². The second-order valence-corrected chi connectivity index (χ2v) is 11.5. The van der Waals surface area contributed by atoms with Gasteiger partial charge < -0.3 is 19.3 Å². The number of methoxy groups -OCH3 is 1. The van der Waals surface area contributed by atoms with Gasteiger partial charge in [-0.15, -0.1) is 0 Å². The molecular weight excluding hydrogens is 566 g/mol. The third-order valence-corrected chi connectivity index (χ3v) is 7.37. The molecule has 0 spiro atoms. The average molecular weight is 603 g/mol. The highest BCUT2D eigenvalue weighted by atomic mass is 19.4. The lowest BCUT2D eigenvalue weighted by Crippen LogP contribution is -2.62. The predicted molar refractivity (Wildman–Crippen MR) is 144 cm³/mol. The van der Waals surface area contributed by atoms with Crippen LogP contribution in [0.3, 0.4) is 0 Å². The van der Waals surface area contributed by atoms with E-state index in [0.29, 0.717) is 25.0 Å². The van der Waals surface area contributed by atoms with Gasteiger partial charge in [0.15, 0.2) is 0 Å². The zero-order chi connectivity index (χ0) is 31.5. The minimum absolute atomic E-state index is 0.0489. The SMILES string of the molecule is CC[C@]1(Cc2ccccc2)C[C@@H](N(Cc2cc(C(F)(F)F)cc(C(F)(F)F)c2)C(=O)OC)CCN1C(=O)OC(C)(C)C. The molecule has 2 aromatic rings. The molecule has 2 amide bonds. The van der Waals surface area contributed by atoms with Crippen LogP contribution in [0, 0.1) is 0 Å². The van der Waals surface area contributed by atoms with E-state index < -0.39 is 59.4 Å². The molecule has 1 saturated heterocycles. The molecule has 1 fully saturated rings. The molecule has 2 aromatic carbocycles. The lowest BCUT2D eigenvalue weighted by Gasteiger charge is -2.51. The molecule has 1 aliphatic rings. The maximum atomic E-state index is 13.5. The third kappa shape index (κ3) is 8.10.